The lowest BCUT2D eigenvalue weighted by molar-refractivity contribution is 0.171. The van der Waals surface area contributed by atoms with Crippen molar-refractivity contribution in [2.24, 2.45) is 0 Å². The maximum Gasteiger partial charge on any atom is 0.0639 e. The lowest BCUT2D eigenvalue weighted by atomic mass is 10.2. The van der Waals surface area contributed by atoms with E-state index in [1.807, 2.05) is 0 Å². The quantitative estimate of drug-likeness (QED) is 0.582. The molecule has 1 radical (unpaired) electrons. The van der Waals surface area contributed by atoms with Crippen molar-refractivity contribution in [1.29, 1.82) is 0 Å². The molecule has 0 spiro atoms. The van der Waals surface area contributed by atoms with Gasteiger partial charge in [-0.15, -0.1) is 0 Å². The molecule has 0 aromatic carbocycles. The predicted molar refractivity (Wildman–Crippen MR) is 34.8 cm³/mol. The van der Waals surface area contributed by atoms with Gasteiger partial charge in [0.15, 0.2) is 0 Å². The molecule has 49 valence electrons. The van der Waals surface area contributed by atoms with Crippen molar-refractivity contribution in [3.63, 3.8) is 0 Å². The molecule has 0 rings (SSSR count). The van der Waals surface area contributed by atoms with E-state index in [9.17, 15) is 0 Å². The zero-order valence-corrected chi connectivity index (χ0v) is 5.52. The van der Waals surface area contributed by atoms with Crippen LogP contribution in [-0.2, 0) is 0 Å². The number of aliphatic hydroxyl groups excluding tert-OH is 2. The summed E-state index contributed by atoms with van der Waals surface area (Å²) in [6.45, 7) is 0.145. The maximum atomic E-state index is 8.77. The Hall–Kier alpha value is 0.270. The highest BCUT2D eigenvalue weighted by molar-refractivity contribution is 7.80. The van der Waals surface area contributed by atoms with E-state index in [2.05, 4.69) is 12.6 Å². The van der Waals surface area contributed by atoms with Gasteiger partial charge in [-0.3, -0.25) is 0 Å². The largest absolute Gasteiger partial charge is 0.396 e. The van der Waals surface area contributed by atoms with Gasteiger partial charge in [0.05, 0.1) is 6.10 Å². The number of rotatable bonds is 4. The second kappa shape index (κ2) is 5.41. The third-order valence-electron chi connectivity index (χ3n) is 0.888. The molecule has 0 amide bonds. The van der Waals surface area contributed by atoms with Gasteiger partial charge in [0, 0.05) is 12.4 Å². The van der Waals surface area contributed by atoms with Gasteiger partial charge >= 0.3 is 0 Å². The van der Waals surface area contributed by atoms with Crippen LogP contribution in [0.3, 0.4) is 0 Å². The zero-order valence-electron chi connectivity index (χ0n) is 4.71. The van der Waals surface area contributed by atoms with E-state index in [1.54, 1.807) is 0 Å². The fourth-order valence-corrected chi connectivity index (χ4v) is 0.577. The van der Waals surface area contributed by atoms with Gasteiger partial charge in [0.1, 0.15) is 0 Å². The number of hydrogen-bond acceptors (Lipinski definition) is 2. The van der Waals surface area contributed by atoms with E-state index >= 15 is 0 Å². The molecule has 0 aliphatic carbocycles. The predicted octanol–water partition coefficient (Wildman–Crippen LogP) is 0.317. The summed E-state index contributed by atoms with van der Waals surface area (Å²) in [5.41, 5.74) is 0. The van der Waals surface area contributed by atoms with Crippen LogP contribution in [-0.4, -0.2) is 28.7 Å². The Morgan fingerprint density at radius 1 is 1.50 bits per heavy atom. The van der Waals surface area contributed by atoms with Crippen LogP contribution in [0.4, 0.5) is 0 Å². The molecule has 0 aromatic rings. The molecule has 2 N–H and O–H groups in total. The first-order chi connectivity index (χ1) is 3.81. The highest BCUT2D eigenvalue weighted by atomic mass is 32.1. The molecule has 0 aliphatic heterocycles. The second-order valence-electron chi connectivity index (χ2n) is 1.69. The monoisotopic (exact) mass is 135 g/mol. The summed E-state index contributed by atoms with van der Waals surface area (Å²) in [4.78, 5) is 0. The molecule has 8 heavy (non-hydrogen) atoms. The first kappa shape index (κ1) is 8.27. The van der Waals surface area contributed by atoms with Crippen molar-refractivity contribution in [3.05, 3.63) is 0 Å². The van der Waals surface area contributed by atoms with Crippen LogP contribution in [0.15, 0.2) is 0 Å². The highest BCUT2D eigenvalue weighted by Crippen LogP contribution is 1.96. The minimum absolute atomic E-state index is 0.145. The van der Waals surface area contributed by atoms with E-state index in [1.165, 1.54) is 0 Å². The third kappa shape index (κ3) is 4.43. The van der Waals surface area contributed by atoms with Crippen molar-refractivity contribution in [2.45, 2.75) is 18.9 Å². The molecule has 0 heterocycles. The summed E-state index contributed by atoms with van der Waals surface area (Å²) < 4.78 is 0. The van der Waals surface area contributed by atoms with Crippen molar-refractivity contribution < 1.29 is 10.2 Å². The van der Waals surface area contributed by atoms with E-state index in [0.717, 1.165) is 0 Å². The molecule has 2 nitrogen and oxygen atoms in total. The van der Waals surface area contributed by atoms with Crippen LogP contribution < -0.4 is 0 Å². The smallest absolute Gasteiger partial charge is 0.0639 e. The van der Waals surface area contributed by atoms with Crippen LogP contribution >= 0.6 is 12.6 Å². The summed E-state index contributed by atoms with van der Waals surface area (Å²) >= 11 is 4.56. The summed E-state index contributed by atoms with van der Waals surface area (Å²) in [5, 5.41) is 17.0. The first-order valence-corrected chi connectivity index (χ1v) is 3.26. The molecule has 0 fully saturated rings. The van der Waals surface area contributed by atoms with Crippen molar-refractivity contribution in [1.82, 2.24) is 0 Å². The fraction of sp³-hybridized carbons (Fsp3) is 1.00. The molecule has 0 aliphatic rings. The molecular formula is C5H11O2S. The SMILES string of the molecule is OCCCC(O)C[S]. The fourth-order valence-electron chi connectivity index (χ4n) is 0.410. The lowest BCUT2D eigenvalue weighted by Crippen LogP contribution is -2.08. The Balaban J connectivity index is 2.86. The topological polar surface area (TPSA) is 40.5 Å². The van der Waals surface area contributed by atoms with Crippen molar-refractivity contribution >= 4 is 12.6 Å². The van der Waals surface area contributed by atoms with Crippen molar-refractivity contribution in [3.8, 4) is 0 Å². The van der Waals surface area contributed by atoms with Gasteiger partial charge in [-0.2, -0.15) is 0 Å². The number of hydrogen-bond donors (Lipinski definition) is 2. The van der Waals surface area contributed by atoms with E-state index in [0.29, 0.717) is 18.6 Å². The maximum absolute atomic E-state index is 8.77. The Morgan fingerprint density at radius 3 is 2.50 bits per heavy atom. The summed E-state index contributed by atoms with van der Waals surface area (Å²) in [6.07, 6.45) is 0.884. The van der Waals surface area contributed by atoms with Gasteiger partial charge in [0.2, 0.25) is 0 Å². The number of aliphatic hydroxyl groups is 2. The third-order valence-corrected chi connectivity index (χ3v) is 1.27. The normalized spacial score (nSPS) is 13.9. The van der Waals surface area contributed by atoms with E-state index in [4.69, 9.17) is 10.2 Å². The van der Waals surface area contributed by atoms with Crippen LogP contribution in [0.5, 0.6) is 0 Å². The Morgan fingerprint density at radius 2 is 2.12 bits per heavy atom. The lowest BCUT2D eigenvalue weighted by Gasteiger charge is -2.02. The van der Waals surface area contributed by atoms with Crippen molar-refractivity contribution in [2.75, 3.05) is 12.4 Å². The minimum Gasteiger partial charge on any atom is -0.396 e. The van der Waals surface area contributed by atoms with Gasteiger partial charge < -0.3 is 10.2 Å². The minimum atomic E-state index is -0.392. The average molecular weight is 135 g/mol. The first-order valence-electron chi connectivity index (χ1n) is 2.68. The molecule has 3 heteroatoms. The molecule has 0 aromatic heterocycles. The van der Waals surface area contributed by atoms with E-state index < -0.39 is 6.10 Å². The van der Waals surface area contributed by atoms with Crippen LogP contribution in [0.1, 0.15) is 12.8 Å². The Bertz CT molecular complexity index is 49.7. The Kier molecular flexibility index (Phi) is 5.59. The van der Waals surface area contributed by atoms with Gasteiger partial charge in [-0.05, 0) is 12.8 Å². The summed E-state index contributed by atoms with van der Waals surface area (Å²) in [7, 11) is 0. The molecule has 0 bridgehead atoms. The van der Waals surface area contributed by atoms with Crippen LogP contribution in [0, 0.1) is 0 Å². The van der Waals surface area contributed by atoms with E-state index in [-0.39, 0.29) is 6.61 Å². The average Bonchev–Trinajstić information content (AvgIpc) is 1.83. The zero-order chi connectivity index (χ0) is 6.41. The second-order valence-corrected chi connectivity index (χ2v) is 2.02. The van der Waals surface area contributed by atoms with Gasteiger partial charge in [-0.1, -0.05) is 12.6 Å². The molecule has 1 unspecified atom stereocenters. The molecule has 1 atom stereocenters. The highest BCUT2D eigenvalue weighted by Gasteiger charge is 1.98. The molecule has 0 saturated heterocycles. The Labute approximate surface area is 54.9 Å². The standard InChI is InChI=1S/C5H11O2S/c6-3-1-2-5(7)4-8/h5-7H,1-4H2. The van der Waals surface area contributed by atoms with Gasteiger partial charge in [-0.25, -0.2) is 0 Å². The van der Waals surface area contributed by atoms with Crippen LogP contribution in [0.25, 0.3) is 0 Å². The van der Waals surface area contributed by atoms with Crippen LogP contribution in [0.2, 0.25) is 0 Å². The molecule has 0 saturated carbocycles. The van der Waals surface area contributed by atoms with Gasteiger partial charge in [0.25, 0.3) is 0 Å². The summed E-state index contributed by atoms with van der Waals surface area (Å²) in [5.74, 6) is 0.375. The molecular weight excluding hydrogens is 124 g/mol. The summed E-state index contributed by atoms with van der Waals surface area (Å²) in [6, 6.07) is 0.